The molecule has 1 aliphatic rings. The molecule has 28 heavy (non-hydrogen) atoms. The number of benzene rings is 1. The third-order valence-corrected chi connectivity index (χ3v) is 4.44. The fourth-order valence-electron chi connectivity index (χ4n) is 3.05. The highest BCUT2D eigenvalue weighted by atomic mass is 16.6. The summed E-state index contributed by atoms with van der Waals surface area (Å²) in [6, 6.07) is 8.08. The first-order valence-electron chi connectivity index (χ1n) is 10.1. The Morgan fingerprint density at radius 3 is 2.71 bits per heavy atom. The zero-order chi connectivity index (χ0) is 20.4. The molecule has 0 N–H and O–H groups in total. The van der Waals surface area contributed by atoms with Gasteiger partial charge in [0.1, 0.15) is 11.4 Å². The van der Waals surface area contributed by atoms with Gasteiger partial charge in [-0.2, -0.15) is 0 Å². The lowest BCUT2D eigenvalue weighted by Gasteiger charge is -2.33. The zero-order valence-corrected chi connectivity index (χ0v) is 17.4. The summed E-state index contributed by atoms with van der Waals surface area (Å²) in [5.74, 6) is 3.35. The molecule has 5 heteroatoms. The molecule has 0 aliphatic carbocycles. The number of carbonyl (C=O) groups is 1. The van der Waals surface area contributed by atoms with Crippen molar-refractivity contribution < 1.29 is 19.0 Å². The minimum absolute atomic E-state index is 0.0112. The van der Waals surface area contributed by atoms with Gasteiger partial charge in [-0.1, -0.05) is 12.1 Å². The van der Waals surface area contributed by atoms with Crippen molar-refractivity contribution in [3.05, 3.63) is 29.8 Å². The molecule has 0 bridgehead atoms. The van der Waals surface area contributed by atoms with Crippen molar-refractivity contribution >= 4 is 5.97 Å². The summed E-state index contributed by atoms with van der Waals surface area (Å²) in [7, 11) is 0. The Morgan fingerprint density at radius 1 is 1.29 bits per heavy atom. The first kappa shape index (κ1) is 22.3. The van der Waals surface area contributed by atoms with Crippen LogP contribution < -0.4 is 4.74 Å². The second-order valence-corrected chi connectivity index (χ2v) is 8.08. The van der Waals surface area contributed by atoms with Crippen LogP contribution in [-0.2, 0) is 14.3 Å². The van der Waals surface area contributed by atoms with Crippen molar-refractivity contribution in [2.24, 2.45) is 0 Å². The van der Waals surface area contributed by atoms with Crippen LogP contribution in [0.1, 0.15) is 58.1 Å². The molecule has 0 radical (unpaired) electrons. The first-order chi connectivity index (χ1) is 13.4. The van der Waals surface area contributed by atoms with Gasteiger partial charge in [0, 0.05) is 26.1 Å². The lowest BCUT2D eigenvalue weighted by atomic mass is 10.1. The Labute approximate surface area is 169 Å². The third kappa shape index (κ3) is 8.33. The van der Waals surface area contributed by atoms with Crippen LogP contribution in [0.5, 0.6) is 5.75 Å². The maximum absolute atomic E-state index is 11.9. The molecule has 1 saturated heterocycles. The van der Waals surface area contributed by atoms with E-state index in [2.05, 4.69) is 23.0 Å². The van der Waals surface area contributed by atoms with E-state index in [-0.39, 0.29) is 12.1 Å². The molecule has 1 fully saturated rings. The standard InChI is InChI=1S/C23H33NO4/c1-5-6-7-8-16-26-20-11-9-19(10-12-20)21-18-24(15-17-27-21)14-13-22(25)28-23(2,3)4/h1,9-12,21H,6-8,13-18H2,2-4H3. The molecule has 1 aliphatic heterocycles. The number of hydrogen-bond donors (Lipinski definition) is 0. The molecule has 1 unspecified atom stereocenters. The summed E-state index contributed by atoms with van der Waals surface area (Å²) in [5.41, 5.74) is 0.692. The van der Waals surface area contributed by atoms with Crippen LogP contribution in [0.4, 0.5) is 0 Å². The van der Waals surface area contributed by atoms with Crippen molar-refractivity contribution in [1.29, 1.82) is 0 Å². The molecule has 0 spiro atoms. The molecule has 1 atom stereocenters. The molecule has 2 rings (SSSR count). The highest BCUT2D eigenvalue weighted by Gasteiger charge is 2.23. The minimum atomic E-state index is -0.435. The number of morpholine rings is 1. The number of rotatable bonds is 9. The quantitative estimate of drug-likeness (QED) is 0.364. The second kappa shape index (κ2) is 11.1. The van der Waals surface area contributed by atoms with Crippen molar-refractivity contribution in [1.82, 2.24) is 4.90 Å². The van der Waals surface area contributed by atoms with Crippen LogP contribution in [0.3, 0.4) is 0 Å². The van der Waals surface area contributed by atoms with E-state index in [1.807, 2.05) is 32.9 Å². The van der Waals surface area contributed by atoms with Crippen LogP contribution in [0, 0.1) is 12.3 Å². The Kier molecular flexibility index (Phi) is 8.82. The average molecular weight is 388 g/mol. The van der Waals surface area contributed by atoms with Gasteiger partial charge in [0.05, 0.1) is 25.7 Å². The molecule has 0 aromatic heterocycles. The highest BCUT2D eigenvalue weighted by Crippen LogP contribution is 2.24. The monoisotopic (exact) mass is 387 g/mol. The summed E-state index contributed by atoms with van der Waals surface area (Å²) in [5, 5.41) is 0. The van der Waals surface area contributed by atoms with Crippen LogP contribution in [-0.4, -0.2) is 49.3 Å². The number of carbonyl (C=O) groups excluding carboxylic acids is 1. The Morgan fingerprint density at radius 2 is 2.04 bits per heavy atom. The SMILES string of the molecule is C#CCCCCOc1ccc(C2CN(CCC(=O)OC(C)(C)C)CCO2)cc1. The number of ether oxygens (including phenoxy) is 3. The van der Waals surface area contributed by atoms with Gasteiger partial charge in [-0.05, 0) is 51.3 Å². The third-order valence-electron chi connectivity index (χ3n) is 4.44. The van der Waals surface area contributed by atoms with E-state index in [1.165, 1.54) is 0 Å². The van der Waals surface area contributed by atoms with Crippen LogP contribution >= 0.6 is 0 Å². The van der Waals surface area contributed by atoms with Gasteiger partial charge in [-0.25, -0.2) is 0 Å². The number of nitrogens with zero attached hydrogens (tertiary/aromatic N) is 1. The van der Waals surface area contributed by atoms with Gasteiger partial charge < -0.3 is 14.2 Å². The van der Waals surface area contributed by atoms with E-state index >= 15 is 0 Å². The molecule has 5 nitrogen and oxygen atoms in total. The zero-order valence-electron chi connectivity index (χ0n) is 17.4. The summed E-state index contributed by atoms with van der Waals surface area (Å²) in [4.78, 5) is 14.2. The smallest absolute Gasteiger partial charge is 0.307 e. The number of hydrogen-bond acceptors (Lipinski definition) is 5. The largest absolute Gasteiger partial charge is 0.494 e. The Hall–Kier alpha value is -2.03. The van der Waals surface area contributed by atoms with Crippen molar-refractivity contribution in [3.8, 4) is 18.1 Å². The molecule has 0 amide bonds. The van der Waals surface area contributed by atoms with Crippen molar-refractivity contribution in [2.45, 2.75) is 58.2 Å². The van der Waals surface area contributed by atoms with Crippen molar-refractivity contribution in [3.63, 3.8) is 0 Å². The highest BCUT2D eigenvalue weighted by molar-refractivity contribution is 5.70. The lowest BCUT2D eigenvalue weighted by molar-refractivity contribution is -0.155. The maximum atomic E-state index is 11.9. The Balaban J connectivity index is 1.77. The maximum Gasteiger partial charge on any atom is 0.307 e. The summed E-state index contributed by atoms with van der Waals surface area (Å²) < 4.78 is 17.1. The van der Waals surface area contributed by atoms with Crippen LogP contribution in [0.25, 0.3) is 0 Å². The number of unbranched alkanes of at least 4 members (excludes halogenated alkanes) is 2. The van der Waals surface area contributed by atoms with Gasteiger partial charge in [0.15, 0.2) is 0 Å². The van der Waals surface area contributed by atoms with Gasteiger partial charge in [-0.3, -0.25) is 9.69 Å². The summed E-state index contributed by atoms with van der Waals surface area (Å²) >= 11 is 0. The molecule has 1 heterocycles. The fraction of sp³-hybridized carbons (Fsp3) is 0.609. The second-order valence-electron chi connectivity index (χ2n) is 8.08. The molecule has 154 valence electrons. The molecular formula is C23H33NO4. The van der Waals surface area contributed by atoms with Gasteiger partial charge in [0.25, 0.3) is 0 Å². The summed E-state index contributed by atoms with van der Waals surface area (Å²) in [6.45, 7) is 9.30. The van der Waals surface area contributed by atoms with E-state index in [0.29, 0.717) is 26.2 Å². The predicted molar refractivity (Wildman–Crippen MR) is 110 cm³/mol. The topological polar surface area (TPSA) is 48.0 Å². The predicted octanol–water partition coefficient (Wildman–Crippen LogP) is 3.97. The van der Waals surface area contributed by atoms with Crippen LogP contribution in [0.15, 0.2) is 24.3 Å². The normalized spacial score (nSPS) is 17.7. The van der Waals surface area contributed by atoms with Crippen LogP contribution in [0.2, 0.25) is 0 Å². The minimum Gasteiger partial charge on any atom is -0.494 e. The van der Waals surface area contributed by atoms with Gasteiger partial charge in [-0.15, -0.1) is 12.3 Å². The van der Waals surface area contributed by atoms with Gasteiger partial charge >= 0.3 is 5.97 Å². The Bertz CT molecular complexity index is 642. The summed E-state index contributed by atoms with van der Waals surface area (Å²) in [6.07, 6.45) is 8.41. The van der Waals surface area contributed by atoms with E-state index in [1.54, 1.807) is 0 Å². The fourth-order valence-corrected chi connectivity index (χ4v) is 3.05. The lowest BCUT2D eigenvalue weighted by Crippen LogP contribution is -2.39. The van der Waals surface area contributed by atoms with Crippen molar-refractivity contribution in [2.75, 3.05) is 32.8 Å². The number of esters is 1. The average Bonchev–Trinajstić information content (AvgIpc) is 2.66. The van der Waals surface area contributed by atoms with E-state index < -0.39 is 5.60 Å². The molecule has 0 saturated carbocycles. The molecular weight excluding hydrogens is 354 g/mol. The molecule has 1 aromatic rings. The number of terminal acetylenes is 1. The van der Waals surface area contributed by atoms with Gasteiger partial charge in [0.2, 0.25) is 0 Å². The van der Waals surface area contributed by atoms with E-state index in [4.69, 9.17) is 20.6 Å². The molecule has 1 aromatic carbocycles. The van der Waals surface area contributed by atoms with E-state index in [9.17, 15) is 4.79 Å². The first-order valence-corrected chi connectivity index (χ1v) is 10.1. The van der Waals surface area contributed by atoms with E-state index in [0.717, 1.165) is 43.7 Å².